The first-order valence-electron chi connectivity index (χ1n) is 7.94. The number of nitrogens with zero attached hydrogens (tertiary/aromatic N) is 2. The van der Waals surface area contributed by atoms with Crippen LogP contribution >= 0.6 is 0 Å². The van der Waals surface area contributed by atoms with Gasteiger partial charge in [0.2, 0.25) is 0 Å². The van der Waals surface area contributed by atoms with Crippen LogP contribution in [0.25, 0.3) is 0 Å². The molecule has 0 saturated carbocycles. The number of rotatable bonds is 4. The first kappa shape index (κ1) is 19.5. The summed E-state index contributed by atoms with van der Waals surface area (Å²) in [6.45, 7) is 0.124. The number of aliphatic hydroxyl groups excluding tert-OH is 1. The van der Waals surface area contributed by atoms with E-state index in [1.165, 1.54) is 29.4 Å². The Kier molecular flexibility index (Phi) is 5.12. The lowest BCUT2D eigenvalue weighted by molar-refractivity contribution is -0.275. The molecule has 0 fully saturated rings. The number of alkyl halides is 3. The summed E-state index contributed by atoms with van der Waals surface area (Å²) < 4.78 is 69.3. The highest BCUT2D eigenvalue weighted by Crippen LogP contribution is 2.34. The summed E-state index contributed by atoms with van der Waals surface area (Å²) in [4.78, 5) is 5.40. The summed E-state index contributed by atoms with van der Waals surface area (Å²) in [7, 11) is 0. The molecule has 1 aromatic carbocycles. The van der Waals surface area contributed by atoms with Crippen molar-refractivity contribution < 1.29 is 31.8 Å². The van der Waals surface area contributed by atoms with Crippen LogP contribution in [0.3, 0.4) is 0 Å². The Balaban J connectivity index is 2.05. The van der Waals surface area contributed by atoms with E-state index in [9.17, 15) is 27.1 Å². The van der Waals surface area contributed by atoms with Crippen LogP contribution in [0.15, 0.2) is 60.3 Å². The van der Waals surface area contributed by atoms with Crippen LogP contribution in [-0.4, -0.2) is 27.9 Å². The van der Waals surface area contributed by atoms with E-state index in [1.54, 1.807) is 0 Å². The van der Waals surface area contributed by atoms with Crippen LogP contribution in [-0.2, 0) is 0 Å². The van der Waals surface area contributed by atoms with Gasteiger partial charge >= 0.3 is 6.36 Å². The summed E-state index contributed by atoms with van der Waals surface area (Å²) in [5.74, 6) is -3.29. The second kappa shape index (κ2) is 7.37. The molecule has 1 aliphatic rings. The third-order valence-corrected chi connectivity index (χ3v) is 3.98. The van der Waals surface area contributed by atoms with E-state index in [-0.39, 0.29) is 29.3 Å². The molecule has 1 aliphatic heterocycles. The number of aromatic nitrogens is 1. The molecule has 10 heteroatoms. The Morgan fingerprint density at radius 1 is 1.18 bits per heavy atom. The molecule has 3 N–H and O–H groups in total. The first-order valence-corrected chi connectivity index (χ1v) is 7.94. The van der Waals surface area contributed by atoms with Crippen LogP contribution in [0.2, 0.25) is 0 Å². The van der Waals surface area contributed by atoms with Crippen molar-refractivity contribution in [2.75, 3.05) is 6.54 Å². The predicted octanol–water partition coefficient (Wildman–Crippen LogP) is 3.91. The third-order valence-electron chi connectivity index (χ3n) is 3.98. The zero-order valence-corrected chi connectivity index (χ0v) is 14.1. The maximum atomic E-state index is 14.4. The summed E-state index contributed by atoms with van der Waals surface area (Å²) in [6, 6.07) is 4.22. The second-order valence-electron chi connectivity index (χ2n) is 5.88. The van der Waals surface area contributed by atoms with Gasteiger partial charge in [0.25, 0.3) is 0 Å². The molecule has 0 bridgehead atoms. The predicted molar refractivity (Wildman–Crippen MR) is 88.8 cm³/mol. The topological polar surface area (TPSA) is 71.6 Å². The quantitative estimate of drug-likeness (QED) is 0.763. The number of ether oxygens (including phenoxy) is 1. The van der Waals surface area contributed by atoms with Gasteiger partial charge in [-0.15, -0.1) is 13.2 Å². The molecule has 2 aromatic rings. The fraction of sp³-hybridized carbons (Fsp3) is 0.167. The molecule has 5 nitrogen and oxygen atoms in total. The average Bonchev–Trinajstić information content (AvgIpc) is 2.61. The number of halogens is 5. The molecule has 2 heterocycles. The molecule has 0 amide bonds. The molecule has 0 spiro atoms. The Bertz CT molecular complexity index is 943. The summed E-state index contributed by atoms with van der Waals surface area (Å²) in [5, 5.41) is 9.88. The minimum Gasteiger partial charge on any atom is -0.504 e. The number of benzene rings is 1. The van der Waals surface area contributed by atoms with E-state index in [0.717, 1.165) is 24.3 Å². The van der Waals surface area contributed by atoms with Crippen LogP contribution in [0.5, 0.6) is 5.75 Å². The molecule has 3 rings (SSSR count). The number of pyridine rings is 1. The average molecular weight is 399 g/mol. The van der Waals surface area contributed by atoms with Gasteiger partial charge in [-0.1, -0.05) is 6.07 Å². The number of aliphatic hydroxyl groups is 1. The molecule has 0 aliphatic carbocycles. The van der Waals surface area contributed by atoms with Crippen molar-refractivity contribution >= 4 is 0 Å². The van der Waals surface area contributed by atoms with Gasteiger partial charge in [-0.05, 0) is 35.9 Å². The maximum absolute atomic E-state index is 14.4. The Morgan fingerprint density at radius 3 is 2.54 bits per heavy atom. The van der Waals surface area contributed by atoms with E-state index < -0.39 is 29.8 Å². The zero-order chi connectivity index (χ0) is 20.5. The minimum absolute atomic E-state index is 0.0996. The molecule has 28 heavy (non-hydrogen) atoms. The maximum Gasteiger partial charge on any atom is 0.573 e. The van der Waals surface area contributed by atoms with Crippen LogP contribution < -0.4 is 10.5 Å². The number of hydrogen-bond donors (Lipinski definition) is 2. The molecular weight excluding hydrogens is 385 g/mol. The number of hydrogen-bond acceptors (Lipinski definition) is 5. The lowest BCUT2D eigenvalue weighted by Crippen LogP contribution is -2.30. The number of nitrogens with two attached hydrogens (primary N) is 1. The van der Waals surface area contributed by atoms with E-state index in [2.05, 4.69) is 9.72 Å². The first-order chi connectivity index (χ1) is 13.2. The van der Waals surface area contributed by atoms with Gasteiger partial charge in [-0.3, -0.25) is 4.98 Å². The highest BCUT2D eigenvalue weighted by molar-refractivity contribution is 5.37. The second-order valence-corrected chi connectivity index (χ2v) is 5.88. The summed E-state index contributed by atoms with van der Waals surface area (Å²) >= 11 is 0. The fourth-order valence-electron chi connectivity index (χ4n) is 2.77. The molecule has 0 radical (unpaired) electrons. The lowest BCUT2D eigenvalue weighted by Gasteiger charge is -2.32. The highest BCUT2D eigenvalue weighted by Gasteiger charge is 2.33. The van der Waals surface area contributed by atoms with Gasteiger partial charge < -0.3 is 20.5 Å². The largest absolute Gasteiger partial charge is 0.573 e. The molecule has 0 unspecified atom stereocenters. The van der Waals surface area contributed by atoms with Gasteiger partial charge in [0, 0.05) is 18.9 Å². The smallest absolute Gasteiger partial charge is 0.504 e. The van der Waals surface area contributed by atoms with Gasteiger partial charge in [0.05, 0.1) is 11.7 Å². The summed E-state index contributed by atoms with van der Waals surface area (Å²) in [5.41, 5.74) is 5.69. The van der Waals surface area contributed by atoms with Crippen LogP contribution in [0.4, 0.5) is 22.0 Å². The van der Waals surface area contributed by atoms with Gasteiger partial charge in [-0.2, -0.15) is 0 Å². The monoisotopic (exact) mass is 399 g/mol. The SMILES string of the molecule is NC1=CCN([C@@H](c2ccc(OC(F)(F)F)c(F)c2)c2ncccc2F)C=C1O. The lowest BCUT2D eigenvalue weighted by atomic mass is 9.99. The molecule has 0 saturated heterocycles. The van der Waals surface area contributed by atoms with Crippen molar-refractivity contribution in [3.05, 3.63) is 83.2 Å². The normalized spacial score (nSPS) is 15.7. The summed E-state index contributed by atoms with van der Waals surface area (Å²) in [6.07, 6.45) is -1.05. The van der Waals surface area contributed by atoms with Crippen molar-refractivity contribution in [1.29, 1.82) is 0 Å². The molecular formula is C18H14F5N3O2. The van der Waals surface area contributed by atoms with Crippen molar-refractivity contribution in [2.45, 2.75) is 12.4 Å². The standard InChI is InChI=1S/C18H14F5N3O2/c19-11-2-1-6-25-16(11)17(26-7-5-13(24)14(27)9-26)10-3-4-15(12(20)8-10)28-18(21,22)23/h1-6,8-9,17,27H,7,24H2/t17-/m0/s1. The van der Waals surface area contributed by atoms with Crippen molar-refractivity contribution in [3.63, 3.8) is 0 Å². The van der Waals surface area contributed by atoms with Gasteiger partial charge in [0.1, 0.15) is 11.5 Å². The van der Waals surface area contributed by atoms with Crippen molar-refractivity contribution in [3.8, 4) is 5.75 Å². The third kappa shape index (κ3) is 4.16. The van der Waals surface area contributed by atoms with E-state index in [0.29, 0.717) is 0 Å². The van der Waals surface area contributed by atoms with Crippen LogP contribution in [0.1, 0.15) is 17.3 Å². The highest BCUT2D eigenvalue weighted by atomic mass is 19.4. The molecule has 148 valence electrons. The van der Waals surface area contributed by atoms with E-state index in [4.69, 9.17) is 5.73 Å². The van der Waals surface area contributed by atoms with Crippen LogP contribution in [0, 0.1) is 11.6 Å². The minimum atomic E-state index is -5.06. The molecule has 1 atom stereocenters. The van der Waals surface area contributed by atoms with Gasteiger partial charge in [-0.25, -0.2) is 8.78 Å². The zero-order valence-electron chi connectivity index (χ0n) is 14.1. The van der Waals surface area contributed by atoms with E-state index >= 15 is 0 Å². The Hall–Kier alpha value is -3.30. The van der Waals surface area contributed by atoms with Crippen molar-refractivity contribution in [1.82, 2.24) is 9.88 Å². The van der Waals surface area contributed by atoms with Crippen molar-refractivity contribution in [2.24, 2.45) is 5.73 Å². The Morgan fingerprint density at radius 2 is 1.93 bits per heavy atom. The Labute approximate surface area is 156 Å². The molecule has 1 aromatic heterocycles. The fourth-order valence-corrected chi connectivity index (χ4v) is 2.77. The van der Waals surface area contributed by atoms with E-state index in [1.807, 2.05) is 0 Å². The van der Waals surface area contributed by atoms with Gasteiger partial charge in [0.15, 0.2) is 17.3 Å².